The maximum atomic E-state index is 12.7. The number of aromatic hydroxyl groups is 1. The molecule has 0 aliphatic carbocycles. The van der Waals surface area contributed by atoms with Gasteiger partial charge in [-0.3, -0.25) is 4.79 Å². The molecule has 0 aliphatic heterocycles. The lowest BCUT2D eigenvalue weighted by molar-refractivity contribution is -0.137. The Morgan fingerprint density at radius 2 is 1.89 bits per heavy atom. The molecule has 2 rings (SSSR count). The summed E-state index contributed by atoms with van der Waals surface area (Å²) in [7, 11) is 0. The minimum Gasteiger partial charge on any atom is -0.504 e. The highest BCUT2D eigenvalue weighted by atomic mass is 19.4. The van der Waals surface area contributed by atoms with Gasteiger partial charge in [-0.25, -0.2) is 0 Å². The number of hydrogen-bond donors (Lipinski definition) is 3. The van der Waals surface area contributed by atoms with E-state index < -0.39 is 17.6 Å². The van der Waals surface area contributed by atoms with Crippen molar-refractivity contribution in [2.75, 3.05) is 19.7 Å². The maximum absolute atomic E-state index is 12.7. The molecular formula is C20H23F3N2O3. The van der Waals surface area contributed by atoms with Crippen LogP contribution in [-0.4, -0.2) is 30.7 Å². The van der Waals surface area contributed by atoms with Crippen molar-refractivity contribution in [3.8, 4) is 11.5 Å². The molecule has 152 valence electrons. The summed E-state index contributed by atoms with van der Waals surface area (Å²) in [4.78, 5) is 10.9. The Balaban J connectivity index is 1.65. The summed E-state index contributed by atoms with van der Waals surface area (Å²) in [5, 5.41) is 13.0. The quantitative estimate of drug-likeness (QED) is 0.539. The van der Waals surface area contributed by atoms with Crippen molar-refractivity contribution in [3.63, 3.8) is 0 Å². The molecule has 0 bridgehead atoms. The average molecular weight is 396 g/mol. The van der Waals surface area contributed by atoms with E-state index in [0.29, 0.717) is 49.4 Å². The molecule has 2 aromatic rings. The average Bonchev–Trinajstić information content (AvgIpc) is 2.61. The number of nitrogens with two attached hydrogens (primary N) is 1. The van der Waals surface area contributed by atoms with Gasteiger partial charge in [0.2, 0.25) is 5.91 Å². The van der Waals surface area contributed by atoms with Crippen molar-refractivity contribution in [2.24, 2.45) is 5.73 Å². The summed E-state index contributed by atoms with van der Waals surface area (Å²) < 4.78 is 43.5. The molecule has 0 spiro atoms. The number of carbonyl (C=O) groups excluding carboxylic acids is 1. The number of carbonyl (C=O) groups is 1. The third-order valence-electron chi connectivity index (χ3n) is 4.01. The van der Waals surface area contributed by atoms with Gasteiger partial charge in [-0.15, -0.1) is 0 Å². The Morgan fingerprint density at radius 1 is 1.11 bits per heavy atom. The number of amides is 1. The number of hydrogen-bond acceptors (Lipinski definition) is 4. The molecule has 0 aromatic heterocycles. The molecular weight excluding hydrogens is 373 g/mol. The lowest BCUT2D eigenvalue weighted by Crippen LogP contribution is -2.22. The molecule has 0 saturated carbocycles. The number of aryl methyl sites for hydroxylation is 1. The van der Waals surface area contributed by atoms with Crippen LogP contribution in [0.1, 0.15) is 23.1 Å². The highest BCUT2D eigenvalue weighted by molar-refractivity contribution is 5.76. The lowest BCUT2D eigenvalue weighted by atomic mass is 10.1. The van der Waals surface area contributed by atoms with Crippen molar-refractivity contribution in [2.45, 2.75) is 25.4 Å². The zero-order valence-electron chi connectivity index (χ0n) is 15.3. The zero-order valence-corrected chi connectivity index (χ0v) is 15.3. The Labute approximate surface area is 161 Å². The topological polar surface area (TPSA) is 84.6 Å². The number of primary amides is 1. The van der Waals surface area contributed by atoms with Gasteiger partial charge in [0, 0.05) is 6.54 Å². The maximum Gasteiger partial charge on any atom is 0.416 e. The van der Waals surface area contributed by atoms with Crippen molar-refractivity contribution in [1.29, 1.82) is 0 Å². The highest BCUT2D eigenvalue weighted by Crippen LogP contribution is 2.29. The summed E-state index contributed by atoms with van der Waals surface area (Å²) in [6.45, 7) is 1.46. The smallest absolute Gasteiger partial charge is 0.416 e. The molecule has 0 saturated heterocycles. The molecule has 28 heavy (non-hydrogen) atoms. The number of phenolic OH excluding ortho intramolecular Hbond substituents is 1. The van der Waals surface area contributed by atoms with E-state index in [9.17, 15) is 23.1 Å². The summed E-state index contributed by atoms with van der Waals surface area (Å²) in [5.41, 5.74) is 5.72. The molecule has 0 fully saturated rings. The minimum absolute atomic E-state index is 0.0429. The van der Waals surface area contributed by atoms with E-state index in [4.69, 9.17) is 10.5 Å². The number of ether oxygens (including phenoxy) is 1. The van der Waals surface area contributed by atoms with Gasteiger partial charge in [-0.05, 0) is 48.7 Å². The van der Waals surface area contributed by atoms with Gasteiger partial charge >= 0.3 is 6.18 Å². The van der Waals surface area contributed by atoms with E-state index in [0.717, 1.165) is 6.07 Å². The van der Waals surface area contributed by atoms with Crippen LogP contribution < -0.4 is 15.8 Å². The molecule has 0 atom stereocenters. The van der Waals surface area contributed by atoms with Crippen molar-refractivity contribution in [3.05, 3.63) is 59.2 Å². The fraction of sp³-hybridized carbons (Fsp3) is 0.350. The Bertz CT molecular complexity index is 795. The van der Waals surface area contributed by atoms with E-state index >= 15 is 0 Å². The number of rotatable bonds is 10. The van der Waals surface area contributed by atoms with E-state index in [2.05, 4.69) is 5.32 Å². The van der Waals surface area contributed by atoms with Gasteiger partial charge in [0.05, 0.1) is 12.0 Å². The van der Waals surface area contributed by atoms with Crippen molar-refractivity contribution >= 4 is 5.91 Å². The van der Waals surface area contributed by atoms with E-state index in [1.807, 2.05) is 0 Å². The molecule has 8 heteroatoms. The predicted molar refractivity (Wildman–Crippen MR) is 99.1 cm³/mol. The number of halogens is 3. The summed E-state index contributed by atoms with van der Waals surface area (Å²) in [6, 6.07) is 10.00. The van der Waals surface area contributed by atoms with Crippen LogP contribution in [0.2, 0.25) is 0 Å². The van der Waals surface area contributed by atoms with Gasteiger partial charge in [-0.2, -0.15) is 13.2 Å². The zero-order chi connectivity index (χ0) is 20.6. The monoisotopic (exact) mass is 396 g/mol. The predicted octanol–water partition coefficient (Wildman–Crippen LogP) is 3.04. The van der Waals surface area contributed by atoms with Crippen molar-refractivity contribution in [1.82, 2.24) is 5.32 Å². The Hall–Kier alpha value is -2.74. The van der Waals surface area contributed by atoms with Crippen LogP contribution in [0, 0.1) is 0 Å². The number of benzene rings is 2. The normalized spacial score (nSPS) is 11.4. The van der Waals surface area contributed by atoms with Gasteiger partial charge in [0.15, 0.2) is 11.5 Å². The molecule has 5 nitrogen and oxygen atoms in total. The SMILES string of the molecule is NC(=O)Cc1ccc(OCCNCCCc2cccc(C(F)(F)F)c2)c(O)c1. The molecule has 4 N–H and O–H groups in total. The highest BCUT2D eigenvalue weighted by Gasteiger charge is 2.30. The molecule has 1 amide bonds. The van der Waals surface area contributed by atoms with E-state index in [1.165, 1.54) is 18.2 Å². The first kappa shape index (κ1) is 21.6. The number of phenols is 1. The lowest BCUT2D eigenvalue weighted by Gasteiger charge is -2.11. The second-order valence-corrected chi connectivity index (χ2v) is 6.35. The van der Waals surface area contributed by atoms with Crippen molar-refractivity contribution < 1.29 is 27.8 Å². The van der Waals surface area contributed by atoms with E-state index in [-0.39, 0.29) is 12.2 Å². The molecule has 0 aliphatic rings. The van der Waals surface area contributed by atoms with Gasteiger partial charge in [0.25, 0.3) is 0 Å². The minimum atomic E-state index is -4.32. The molecule has 0 unspecified atom stereocenters. The third kappa shape index (κ3) is 7.11. The number of nitrogens with one attached hydrogen (secondary N) is 1. The Morgan fingerprint density at radius 3 is 2.57 bits per heavy atom. The van der Waals surface area contributed by atoms with Gasteiger partial charge in [-0.1, -0.05) is 24.3 Å². The van der Waals surface area contributed by atoms with Crippen LogP contribution in [0.4, 0.5) is 13.2 Å². The molecule has 0 radical (unpaired) electrons. The Kier molecular flexibility index (Phi) is 7.69. The van der Waals surface area contributed by atoms with Crippen LogP contribution >= 0.6 is 0 Å². The van der Waals surface area contributed by atoms with Crippen LogP contribution in [0.5, 0.6) is 11.5 Å². The third-order valence-corrected chi connectivity index (χ3v) is 4.01. The van der Waals surface area contributed by atoms with Crippen LogP contribution in [-0.2, 0) is 23.8 Å². The summed E-state index contributed by atoms with van der Waals surface area (Å²) in [6.07, 6.45) is -3.05. The summed E-state index contributed by atoms with van der Waals surface area (Å²) >= 11 is 0. The first-order valence-corrected chi connectivity index (χ1v) is 8.85. The van der Waals surface area contributed by atoms with E-state index in [1.54, 1.807) is 18.2 Å². The fourth-order valence-electron chi connectivity index (χ4n) is 2.67. The number of alkyl halides is 3. The molecule has 2 aromatic carbocycles. The van der Waals surface area contributed by atoms with Crippen LogP contribution in [0.15, 0.2) is 42.5 Å². The first-order valence-electron chi connectivity index (χ1n) is 8.85. The molecule has 0 heterocycles. The van der Waals surface area contributed by atoms with Gasteiger partial charge < -0.3 is 20.9 Å². The second kappa shape index (κ2) is 9.98. The van der Waals surface area contributed by atoms with Crippen LogP contribution in [0.25, 0.3) is 0 Å². The standard InChI is InChI=1S/C20H23F3N2O3/c21-20(22,23)16-5-1-3-14(11-16)4-2-8-25-9-10-28-18-7-6-15(12-17(18)26)13-19(24)27/h1,3,5-7,11-12,25-26H,2,4,8-10,13H2,(H2,24,27). The second-order valence-electron chi connectivity index (χ2n) is 6.35. The largest absolute Gasteiger partial charge is 0.504 e. The fourth-order valence-corrected chi connectivity index (χ4v) is 2.67. The van der Waals surface area contributed by atoms with Gasteiger partial charge in [0.1, 0.15) is 6.61 Å². The summed E-state index contributed by atoms with van der Waals surface area (Å²) in [5.74, 6) is -0.246. The van der Waals surface area contributed by atoms with Crippen LogP contribution in [0.3, 0.4) is 0 Å². The first-order chi connectivity index (χ1) is 13.3.